The average Bonchev–Trinajstić information content (AvgIpc) is 2.46. The Morgan fingerprint density at radius 2 is 2.14 bits per heavy atom. The van der Waals surface area contributed by atoms with Gasteiger partial charge >= 0.3 is 0 Å². The number of nitrogens with zero attached hydrogens (tertiary/aromatic N) is 1. The minimum absolute atomic E-state index is 0.341. The lowest BCUT2D eigenvalue weighted by atomic mass is 9.93. The molecular formula is C11H20N2S. The summed E-state index contributed by atoms with van der Waals surface area (Å²) in [7, 11) is 0. The maximum Gasteiger partial charge on any atom is 0.0933 e. The SMILES string of the molecule is CCNCc1cnc(CC(C)(C)C)s1. The van der Waals surface area contributed by atoms with Gasteiger partial charge in [0.2, 0.25) is 0 Å². The summed E-state index contributed by atoms with van der Waals surface area (Å²) in [5.74, 6) is 0. The van der Waals surface area contributed by atoms with Gasteiger partial charge in [-0.2, -0.15) is 0 Å². The highest BCUT2D eigenvalue weighted by molar-refractivity contribution is 7.11. The van der Waals surface area contributed by atoms with Crippen molar-refractivity contribution in [1.29, 1.82) is 0 Å². The van der Waals surface area contributed by atoms with Gasteiger partial charge in [-0.1, -0.05) is 27.7 Å². The van der Waals surface area contributed by atoms with Crippen LogP contribution in [0.2, 0.25) is 0 Å². The standard InChI is InChI=1S/C11H20N2S/c1-5-12-7-9-8-13-10(14-9)6-11(2,3)4/h8,12H,5-7H2,1-4H3. The average molecular weight is 212 g/mol. The van der Waals surface area contributed by atoms with Gasteiger partial charge in [-0.3, -0.25) is 0 Å². The van der Waals surface area contributed by atoms with Gasteiger partial charge in [-0.15, -0.1) is 11.3 Å². The van der Waals surface area contributed by atoms with Gasteiger partial charge in [0.1, 0.15) is 0 Å². The van der Waals surface area contributed by atoms with E-state index in [2.05, 4.69) is 38.0 Å². The first-order chi connectivity index (χ1) is 6.51. The molecular weight excluding hydrogens is 192 g/mol. The van der Waals surface area contributed by atoms with Crippen molar-refractivity contribution in [3.63, 3.8) is 0 Å². The molecule has 0 atom stereocenters. The minimum atomic E-state index is 0.341. The normalized spacial score (nSPS) is 12.0. The van der Waals surface area contributed by atoms with Crippen molar-refractivity contribution >= 4 is 11.3 Å². The van der Waals surface area contributed by atoms with Crippen LogP contribution in [0.4, 0.5) is 0 Å². The van der Waals surface area contributed by atoms with Gasteiger partial charge in [-0.25, -0.2) is 4.98 Å². The second-order valence-electron chi connectivity index (χ2n) is 4.74. The quantitative estimate of drug-likeness (QED) is 0.830. The maximum atomic E-state index is 4.43. The van der Waals surface area contributed by atoms with Crippen molar-refractivity contribution in [2.45, 2.75) is 40.7 Å². The molecule has 0 aromatic carbocycles. The predicted molar refractivity (Wildman–Crippen MR) is 62.7 cm³/mol. The Hall–Kier alpha value is -0.410. The molecule has 14 heavy (non-hydrogen) atoms. The number of hydrogen-bond acceptors (Lipinski definition) is 3. The number of aromatic nitrogens is 1. The Kier molecular flexibility index (Phi) is 4.08. The monoisotopic (exact) mass is 212 g/mol. The van der Waals surface area contributed by atoms with E-state index in [-0.39, 0.29) is 0 Å². The third-order valence-corrected chi connectivity index (χ3v) is 2.83. The van der Waals surface area contributed by atoms with Gasteiger partial charge in [0.05, 0.1) is 5.01 Å². The second kappa shape index (κ2) is 4.89. The molecule has 0 aliphatic rings. The molecule has 1 rings (SSSR count). The molecule has 0 saturated heterocycles. The Balaban J connectivity index is 2.51. The van der Waals surface area contributed by atoms with Crippen LogP contribution >= 0.6 is 11.3 Å². The van der Waals surface area contributed by atoms with E-state index in [1.807, 2.05) is 17.5 Å². The molecule has 1 heterocycles. The fourth-order valence-electron chi connectivity index (χ4n) is 1.21. The van der Waals surface area contributed by atoms with Crippen LogP contribution in [-0.2, 0) is 13.0 Å². The molecule has 0 saturated carbocycles. The lowest BCUT2D eigenvalue weighted by Gasteiger charge is -2.15. The summed E-state index contributed by atoms with van der Waals surface area (Å²) >= 11 is 1.83. The lowest BCUT2D eigenvalue weighted by molar-refractivity contribution is 0.410. The molecule has 1 aromatic heterocycles. The highest BCUT2D eigenvalue weighted by Gasteiger charge is 2.13. The van der Waals surface area contributed by atoms with Crippen LogP contribution in [0.5, 0.6) is 0 Å². The van der Waals surface area contributed by atoms with Crippen LogP contribution in [0.15, 0.2) is 6.20 Å². The molecule has 1 aromatic rings. The van der Waals surface area contributed by atoms with Crippen LogP contribution in [0.25, 0.3) is 0 Å². The Bertz CT molecular complexity index is 273. The van der Waals surface area contributed by atoms with Gasteiger partial charge in [0, 0.05) is 24.0 Å². The van der Waals surface area contributed by atoms with E-state index in [4.69, 9.17) is 0 Å². The molecule has 0 fully saturated rings. The summed E-state index contributed by atoms with van der Waals surface area (Å²) < 4.78 is 0. The molecule has 0 aliphatic heterocycles. The number of rotatable bonds is 4. The molecule has 3 heteroatoms. The van der Waals surface area contributed by atoms with E-state index in [9.17, 15) is 0 Å². The summed E-state index contributed by atoms with van der Waals surface area (Å²) in [4.78, 5) is 5.77. The first kappa shape index (κ1) is 11.7. The number of nitrogens with one attached hydrogen (secondary N) is 1. The highest BCUT2D eigenvalue weighted by Crippen LogP contribution is 2.23. The molecule has 0 amide bonds. The van der Waals surface area contributed by atoms with Crippen molar-refractivity contribution in [2.75, 3.05) is 6.54 Å². The predicted octanol–water partition coefficient (Wildman–Crippen LogP) is 2.84. The van der Waals surface area contributed by atoms with Crippen molar-refractivity contribution in [3.8, 4) is 0 Å². The van der Waals surface area contributed by atoms with Gasteiger partial charge in [-0.05, 0) is 12.0 Å². The van der Waals surface area contributed by atoms with Crippen molar-refractivity contribution < 1.29 is 0 Å². The Morgan fingerprint density at radius 3 is 2.71 bits per heavy atom. The van der Waals surface area contributed by atoms with Crippen LogP contribution in [-0.4, -0.2) is 11.5 Å². The number of thiazole rings is 1. The molecule has 0 radical (unpaired) electrons. The third kappa shape index (κ3) is 4.20. The van der Waals surface area contributed by atoms with Crippen LogP contribution in [0.1, 0.15) is 37.6 Å². The van der Waals surface area contributed by atoms with E-state index >= 15 is 0 Å². The van der Waals surface area contributed by atoms with Crippen LogP contribution in [0.3, 0.4) is 0 Å². The molecule has 0 unspecified atom stereocenters. The maximum absolute atomic E-state index is 4.43. The van der Waals surface area contributed by atoms with Crippen molar-refractivity contribution in [3.05, 3.63) is 16.1 Å². The summed E-state index contributed by atoms with van der Waals surface area (Å²) in [5, 5.41) is 4.57. The smallest absolute Gasteiger partial charge is 0.0933 e. The van der Waals surface area contributed by atoms with E-state index in [1.54, 1.807) is 0 Å². The largest absolute Gasteiger partial charge is 0.312 e. The zero-order valence-electron chi connectivity index (χ0n) is 9.55. The summed E-state index contributed by atoms with van der Waals surface area (Å²) in [6, 6.07) is 0. The minimum Gasteiger partial charge on any atom is -0.312 e. The van der Waals surface area contributed by atoms with Crippen LogP contribution in [0, 0.1) is 5.41 Å². The topological polar surface area (TPSA) is 24.9 Å². The second-order valence-corrected chi connectivity index (χ2v) is 5.94. The lowest BCUT2D eigenvalue weighted by Crippen LogP contribution is -2.10. The summed E-state index contributed by atoms with van der Waals surface area (Å²) in [6.45, 7) is 10.8. The molecule has 0 aliphatic carbocycles. The van der Waals surface area contributed by atoms with E-state index < -0.39 is 0 Å². The molecule has 80 valence electrons. The molecule has 1 N–H and O–H groups in total. The van der Waals surface area contributed by atoms with Gasteiger partial charge in [0.15, 0.2) is 0 Å². The van der Waals surface area contributed by atoms with Crippen molar-refractivity contribution in [2.24, 2.45) is 5.41 Å². The Morgan fingerprint density at radius 1 is 1.43 bits per heavy atom. The first-order valence-electron chi connectivity index (χ1n) is 5.15. The van der Waals surface area contributed by atoms with E-state index in [1.165, 1.54) is 9.88 Å². The van der Waals surface area contributed by atoms with Gasteiger partial charge < -0.3 is 5.32 Å². The summed E-state index contributed by atoms with van der Waals surface area (Å²) in [5.41, 5.74) is 0.341. The third-order valence-electron chi connectivity index (χ3n) is 1.83. The van der Waals surface area contributed by atoms with Crippen molar-refractivity contribution in [1.82, 2.24) is 10.3 Å². The van der Waals surface area contributed by atoms with Gasteiger partial charge in [0.25, 0.3) is 0 Å². The zero-order valence-corrected chi connectivity index (χ0v) is 10.4. The van der Waals surface area contributed by atoms with E-state index in [0.29, 0.717) is 5.41 Å². The Labute approximate surface area is 90.8 Å². The zero-order chi connectivity index (χ0) is 10.6. The first-order valence-corrected chi connectivity index (χ1v) is 5.97. The summed E-state index contributed by atoms with van der Waals surface area (Å²) in [6.07, 6.45) is 3.07. The fraction of sp³-hybridized carbons (Fsp3) is 0.727. The fourth-order valence-corrected chi connectivity index (χ4v) is 2.41. The molecule has 0 bridgehead atoms. The molecule has 0 spiro atoms. The van der Waals surface area contributed by atoms with E-state index in [0.717, 1.165) is 19.5 Å². The molecule has 2 nitrogen and oxygen atoms in total. The number of hydrogen-bond donors (Lipinski definition) is 1. The highest BCUT2D eigenvalue weighted by atomic mass is 32.1. The van der Waals surface area contributed by atoms with Crippen LogP contribution < -0.4 is 5.32 Å².